The van der Waals surface area contributed by atoms with E-state index in [1.54, 1.807) is 23.3 Å². The Hall–Kier alpha value is -1.69. The second kappa shape index (κ2) is 5.97. The zero-order chi connectivity index (χ0) is 14.7. The summed E-state index contributed by atoms with van der Waals surface area (Å²) in [4.78, 5) is 17.9. The molecule has 5 heteroatoms. The van der Waals surface area contributed by atoms with Crippen LogP contribution in [-0.2, 0) is 14.3 Å². The Kier molecular flexibility index (Phi) is 4.05. The summed E-state index contributed by atoms with van der Waals surface area (Å²) in [5.41, 5.74) is -0.0592. The summed E-state index contributed by atoms with van der Waals surface area (Å²) in [6.07, 6.45) is 3.11. The van der Waals surface area contributed by atoms with Crippen molar-refractivity contribution in [2.75, 3.05) is 19.8 Å². The van der Waals surface area contributed by atoms with Crippen LogP contribution in [0.3, 0.4) is 0 Å². The predicted octanol–water partition coefficient (Wildman–Crippen LogP) is 2.15. The molecule has 0 saturated carbocycles. The highest BCUT2D eigenvalue weighted by atomic mass is 16.8. The van der Waals surface area contributed by atoms with Gasteiger partial charge in [0, 0.05) is 12.8 Å². The summed E-state index contributed by atoms with van der Waals surface area (Å²) in [6, 6.07) is 8.83. The third-order valence-electron chi connectivity index (χ3n) is 3.96. The topological polar surface area (TPSA) is 48.0 Å². The fourth-order valence-corrected chi connectivity index (χ4v) is 2.76. The molecule has 1 spiro atoms. The van der Waals surface area contributed by atoms with Crippen LogP contribution < -0.4 is 0 Å². The van der Waals surface area contributed by atoms with Crippen LogP contribution in [0.15, 0.2) is 43.0 Å². The van der Waals surface area contributed by atoms with Crippen molar-refractivity contribution in [1.29, 1.82) is 0 Å². The fraction of sp³-hybridized carbons (Fsp3) is 0.438. The molecule has 0 amide bonds. The minimum atomic E-state index is -0.582. The summed E-state index contributed by atoms with van der Waals surface area (Å²) in [6.45, 7) is 5.49. The van der Waals surface area contributed by atoms with Crippen LogP contribution >= 0.6 is 0 Å². The largest absolute Gasteiger partial charge is 0.381 e. The second-order valence-corrected chi connectivity index (χ2v) is 5.24. The second-order valence-electron chi connectivity index (χ2n) is 5.24. The SMILES string of the molecule is C=C[C@H]1COC2(CCOCC2)N1OC(=O)c1ccccc1. The van der Waals surface area contributed by atoms with Gasteiger partial charge in [0.1, 0.15) is 0 Å². The maximum Gasteiger partial charge on any atom is 0.357 e. The van der Waals surface area contributed by atoms with Crippen LogP contribution in [0.2, 0.25) is 0 Å². The summed E-state index contributed by atoms with van der Waals surface area (Å²) < 4.78 is 11.3. The van der Waals surface area contributed by atoms with Crippen LogP contribution in [0.5, 0.6) is 0 Å². The number of hydrogen-bond acceptors (Lipinski definition) is 5. The number of ether oxygens (including phenoxy) is 2. The van der Waals surface area contributed by atoms with Crippen molar-refractivity contribution >= 4 is 5.97 Å². The van der Waals surface area contributed by atoms with Crippen LogP contribution in [-0.4, -0.2) is 42.6 Å². The van der Waals surface area contributed by atoms with Gasteiger partial charge in [-0.15, -0.1) is 6.58 Å². The molecule has 1 atom stereocenters. The molecule has 2 fully saturated rings. The van der Waals surface area contributed by atoms with Gasteiger partial charge >= 0.3 is 5.97 Å². The van der Waals surface area contributed by atoms with Crippen molar-refractivity contribution in [1.82, 2.24) is 5.06 Å². The third-order valence-corrected chi connectivity index (χ3v) is 3.96. The van der Waals surface area contributed by atoms with Crippen LogP contribution in [0.4, 0.5) is 0 Å². The lowest BCUT2D eigenvalue weighted by molar-refractivity contribution is -0.255. The fourth-order valence-electron chi connectivity index (χ4n) is 2.76. The number of carbonyl (C=O) groups is 1. The predicted molar refractivity (Wildman–Crippen MR) is 76.4 cm³/mol. The van der Waals surface area contributed by atoms with E-state index in [4.69, 9.17) is 14.3 Å². The van der Waals surface area contributed by atoms with Crippen molar-refractivity contribution < 1.29 is 19.1 Å². The van der Waals surface area contributed by atoms with Crippen molar-refractivity contribution in [2.45, 2.75) is 24.6 Å². The molecule has 0 aromatic heterocycles. The van der Waals surface area contributed by atoms with Gasteiger partial charge in [-0.1, -0.05) is 29.3 Å². The number of carbonyl (C=O) groups excluding carboxylic acids is 1. The molecular weight excluding hydrogens is 270 g/mol. The van der Waals surface area contributed by atoms with Gasteiger partial charge in [-0.2, -0.15) is 0 Å². The summed E-state index contributed by atoms with van der Waals surface area (Å²) >= 11 is 0. The highest BCUT2D eigenvalue weighted by Crippen LogP contribution is 2.37. The molecule has 0 radical (unpaired) electrons. The average Bonchev–Trinajstić information content (AvgIpc) is 2.86. The Bertz CT molecular complexity index is 510. The number of hydroxylamine groups is 2. The maximum absolute atomic E-state index is 12.3. The lowest BCUT2D eigenvalue weighted by atomic mass is 10.0. The first-order chi connectivity index (χ1) is 10.2. The molecule has 0 unspecified atom stereocenters. The quantitative estimate of drug-likeness (QED) is 0.798. The monoisotopic (exact) mass is 289 g/mol. The Labute approximate surface area is 124 Å². The molecule has 2 aliphatic heterocycles. The number of benzene rings is 1. The van der Waals surface area contributed by atoms with Gasteiger partial charge in [0.05, 0.1) is 31.4 Å². The zero-order valence-electron chi connectivity index (χ0n) is 11.9. The van der Waals surface area contributed by atoms with Crippen molar-refractivity contribution in [3.8, 4) is 0 Å². The highest BCUT2D eigenvalue weighted by Gasteiger charge is 2.50. The molecule has 2 heterocycles. The van der Waals surface area contributed by atoms with Gasteiger partial charge in [-0.05, 0) is 12.1 Å². The first-order valence-electron chi connectivity index (χ1n) is 7.16. The minimum Gasteiger partial charge on any atom is -0.381 e. The molecule has 1 aromatic carbocycles. The highest BCUT2D eigenvalue weighted by molar-refractivity contribution is 5.89. The number of rotatable bonds is 3. The van der Waals surface area contributed by atoms with E-state index in [1.165, 1.54) is 0 Å². The molecule has 112 valence electrons. The Morgan fingerprint density at radius 1 is 1.33 bits per heavy atom. The van der Waals surface area contributed by atoms with E-state index in [1.807, 2.05) is 18.2 Å². The van der Waals surface area contributed by atoms with Crippen LogP contribution in [0.1, 0.15) is 23.2 Å². The molecule has 3 rings (SSSR count). The number of nitrogens with zero attached hydrogens (tertiary/aromatic N) is 1. The van der Waals surface area contributed by atoms with E-state index in [0.717, 1.165) is 0 Å². The van der Waals surface area contributed by atoms with Gasteiger partial charge in [-0.3, -0.25) is 0 Å². The van der Waals surface area contributed by atoms with E-state index in [0.29, 0.717) is 38.2 Å². The number of hydrogen-bond donors (Lipinski definition) is 0. The van der Waals surface area contributed by atoms with Gasteiger partial charge in [0.2, 0.25) is 0 Å². The van der Waals surface area contributed by atoms with Crippen LogP contribution in [0, 0.1) is 0 Å². The molecule has 2 aliphatic rings. The summed E-state index contributed by atoms with van der Waals surface area (Å²) in [5, 5.41) is 1.66. The standard InChI is InChI=1S/C16H19NO4/c1-2-14-12-20-16(8-10-19-11-9-16)17(14)21-15(18)13-6-4-3-5-7-13/h2-7,14H,1,8-12H2/t14-/m0/s1. The van der Waals surface area contributed by atoms with Crippen molar-refractivity contribution in [3.05, 3.63) is 48.6 Å². The molecule has 5 nitrogen and oxygen atoms in total. The zero-order valence-corrected chi connectivity index (χ0v) is 11.9. The van der Waals surface area contributed by atoms with E-state index in [-0.39, 0.29) is 12.0 Å². The van der Waals surface area contributed by atoms with Gasteiger partial charge in [-0.25, -0.2) is 4.79 Å². The molecule has 0 aliphatic carbocycles. The average molecular weight is 289 g/mol. The molecule has 0 N–H and O–H groups in total. The van der Waals surface area contributed by atoms with Crippen molar-refractivity contribution in [2.24, 2.45) is 0 Å². The molecule has 21 heavy (non-hydrogen) atoms. The molecule has 0 bridgehead atoms. The molecular formula is C16H19NO4. The molecule has 1 aromatic rings. The summed E-state index contributed by atoms with van der Waals surface area (Å²) in [7, 11) is 0. The van der Waals surface area contributed by atoms with Crippen molar-refractivity contribution in [3.63, 3.8) is 0 Å². The Balaban J connectivity index is 1.79. The lowest BCUT2D eigenvalue weighted by Crippen LogP contribution is -2.51. The lowest BCUT2D eigenvalue weighted by Gasteiger charge is -2.39. The van der Waals surface area contributed by atoms with Gasteiger partial charge < -0.3 is 14.3 Å². The van der Waals surface area contributed by atoms with Crippen LogP contribution in [0.25, 0.3) is 0 Å². The first-order valence-corrected chi connectivity index (χ1v) is 7.16. The van der Waals surface area contributed by atoms with E-state index >= 15 is 0 Å². The van der Waals surface area contributed by atoms with E-state index in [9.17, 15) is 4.79 Å². The normalized spacial score (nSPS) is 24.9. The molecule has 2 saturated heterocycles. The minimum absolute atomic E-state index is 0.129. The smallest absolute Gasteiger partial charge is 0.357 e. The third kappa shape index (κ3) is 2.72. The van der Waals surface area contributed by atoms with Gasteiger partial charge in [0.15, 0.2) is 5.72 Å². The first kappa shape index (κ1) is 14.3. The Morgan fingerprint density at radius 2 is 2.05 bits per heavy atom. The maximum atomic E-state index is 12.3. The Morgan fingerprint density at radius 3 is 2.71 bits per heavy atom. The van der Waals surface area contributed by atoms with E-state index < -0.39 is 5.72 Å². The van der Waals surface area contributed by atoms with E-state index in [2.05, 4.69) is 6.58 Å². The summed E-state index contributed by atoms with van der Waals surface area (Å²) in [5.74, 6) is -0.376. The van der Waals surface area contributed by atoms with Gasteiger partial charge in [0.25, 0.3) is 0 Å².